The van der Waals surface area contributed by atoms with Gasteiger partial charge in [0.1, 0.15) is 0 Å². The molecule has 0 atom stereocenters. The molecule has 2 aliphatic carbocycles. The van der Waals surface area contributed by atoms with E-state index in [4.69, 9.17) is 0 Å². The van der Waals surface area contributed by atoms with Crippen molar-refractivity contribution in [3.63, 3.8) is 0 Å². The molecule has 0 fully saturated rings. The molecule has 0 nitrogen and oxygen atoms in total. The highest BCUT2D eigenvalue weighted by atomic mass is 14.2. The van der Waals surface area contributed by atoms with Crippen molar-refractivity contribution in [1.29, 1.82) is 0 Å². The Bertz CT molecular complexity index is 705. The predicted octanol–water partition coefficient (Wildman–Crippen LogP) is 6.56. The van der Waals surface area contributed by atoms with E-state index in [1.807, 2.05) is 0 Å². The van der Waals surface area contributed by atoms with E-state index in [1.165, 1.54) is 22.3 Å². The maximum Gasteiger partial charge on any atom is -0.00553 e. The topological polar surface area (TPSA) is 0 Å². The second-order valence-electron chi connectivity index (χ2n) is 7.50. The largest absolute Gasteiger partial charge is 0.0626 e. The molecule has 0 bridgehead atoms. The number of fused-ring (bicyclic) bond motifs is 2. The summed E-state index contributed by atoms with van der Waals surface area (Å²) in [5.74, 6) is 1.38. The predicted molar refractivity (Wildman–Crippen MR) is 106 cm³/mol. The van der Waals surface area contributed by atoms with Crippen LogP contribution in [0.1, 0.15) is 49.9 Å². The minimum atomic E-state index is 0.692. The molecule has 0 unspecified atom stereocenters. The van der Waals surface area contributed by atoms with Gasteiger partial charge in [0.2, 0.25) is 0 Å². The van der Waals surface area contributed by atoms with Crippen LogP contribution in [0.25, 0.3) is 12.2 Å². The van der Waals surface area contributed by atoms with E-state index in [1.54, 1.807) is 11.1 Å². The summed E-state index contributed by atoms with van der Waals surface area (Å²) >= 11 is 0. The molecule has 0 aromatic heterocycles. The van der Waals surface area contributed by atoms with E-state index >= 15 is 0 Å². The number of benzene rings is 2. The van der Waals surface area contributed by atoms with Crippen molar-refractivity contribution in [2.75, 3.05) is 0 Å². The smallest absolute Gasteiger partial charge is 0.00553 e. The van der Waals surface area contributed by atoms with Gasteiger partial charge in [0.15, 0.2) is 0 Å². The number of rotatable bonds is 2. The molecule has 0 saturated carbocycles. The Morgan fingerprint density at radius 1 is 0.583 bits per heavy atom. The fourth-order valence-corrected chi connectivity index (χ4v) is 3.35. The molecule has 24 heavy (non-hydrogen) atoms. The Balaban J connectivity index is 0.000000141. The molecule has 0 heteroatoms. The van der Waals surface area contributed by atoms with Crippen LogP contribution < -0.4 is 0 Å². The Morgan fingerprint density at radius 2 is 0.958 bits per heavy atom. The van der Waals surface area contributed by atoms with Gasteiger partial charge in [-0.25, -0.2) is 0 Å². The summed E-state index contributed by atoms with van der Waals surface area (Å²) in [6.45, 7) is 9.05. The SMILES string of the molecule is CC(C)C1=Cc2ccccc2C1.CC(C)C1=Cc2ccccc2C1. The van der Waals surface area contributed by atoms with E-state index in [0.717, 1.165) is 12.8 Å². The van der Waals surface area contributed by atoms with Crippen LogP contribution in [0.3, 0.4) is 0 Å². The quantitative estimate of drug-likeness (QED) is 0.588. The lowest BCUT2D eigenvalue weighted by Gasteiger charge is -2.04. The second-order valence-corrected chi connectivity index (χ2v) is 7.50. The van der Waals surface area contributed by atoms with Gasteiger partial charge in [-0.2, -0.15) is 0 Å². The van der Waals surface area contributed by atoms with Crippen molar-refractivity contribution in [2.45, 2.75) is 40.5 Å². The summed E-state index contributed by atoms with van der Waals surface area (Å²) in [7, 11) is 0. The highest BCUT2D eigenvalue weighted by molar-refractivity contribution is 5.64. The third-order valence-electron chi connectivity index (χ3n) is 5.06. The first-order chi connectivity index (χ1) is 11.5. The van der Waals surface area contributed by atoms with Crippen molar-refractivity contribution in [2.24, 2.45) is 11.8 Å². The van der Waals surface area contributed by atoms with Gasteiger partial charge in [0.25, 0.3) is 0 Å². The van der Waals surface area contributed by atoms with Gasteiger partial charge in [-0.1, -0.05) is 99.5 Å². The first-order valence-electron chi connectivity index (χ1n) is 9.11. The van der Waals surface area contributed by atoms with Crippen LogP contribution in [0.5, 0.6) is 0 Å². The van der Waals surface area contributed by atoms with Crippen LogP contribution in [0.4, 0.5) is 0 Å². The lowest BCUT2D eigenvalue weighted by Crippen LogP contribution is -1.92. The minimum absolute atomic E-state index is 0.692. The van der Waals surface area contributed by atoms with Crippen LogP contribution in [0.15, 0.2) is 59.7 Å². The number of allylic oxidation sites excluding steroid dienone is 2. The zero-order chi connectivity index (χ0) is 17.1. The maximum atomic E-state index is 2.33. The van der Waals surface area contributed by atoms with Gasteiger partial charge in [-0.15, -0.1) is 0 Å². The van der Waals surface area contributed by atoms with Crippen molar-refractivity contribution in [3.05, 3.63) is 81.9 Å². The van der Waals surface area contributed by atoms with Crippen LogP contribution in [-0.2, 0) is 12.8 Å². The van der Waals surface area contributed by atoms with Crippen LogP contribution >= 0.6 is 0 Å². The van der Waals surface area contributed by atoms with E-state index < -0.39 is 0 Å². The molecule has 2 aromatic rings. The molecule has 0 saturated heterocycles. The minimum Gasteiger partial charge on any atom is -0.0626 e. The molecular formula is C24H28. The van der Waals surface area contributed by atoms with E-state index in [9.17, 15) is 0 Å². The Kier molecular flexibility index (Phi) is 5.04. The molecule has 0 N–H and O–H groups in total. The molecule has 0 aliphatic heterocycles. The van der Waals surface area contributed by atoms with Gasteiger partial charge < -0.3 is 0 Å². The molecule has 0 heterocycles. The normalized spacial score (nSPS) is 14.8. The summed E-state index contributed by atoms with van der Waals surface area (Å²) in [5, 5.41) is 0. The van der Waals surface area contributed by atoms with Crippen molar-refractivity contribution >= 4 is 12.2 Å². The van der Waals surface area contributed by atoms with Crippen LogP contribution in [0, 0.1) is 11.8 Å². The molecule has 4 rings (SSSR count). The third-order valence-corrected chi connectivity index (χ3v) is 5.06. The number of hydrogen-bond donors (Lipinski definition) is 0. The average Bonchev–Trinajstić information content (AvgIpc) is 3.19. The number of hydrogen-bond acceptors (Lipinski definition) is 0. The Morgan fingerprint density at radius 3 is 1.29 bits per heavy atom. The fraction of sp³-hybridized carbons (Fsp3) is 0.333. The van der Waals surface area contributed by atoms with E-state index in [0.29, 0.717) is 11.8 Å². The molecule has 0 amide bonds. The third kappa shape index (κ3) is 3.70. The van der Waals surface area contributed by atoms with Crippen LogP contribution in [-0.4, -0.2) is 0 Å². The van der Waals surface area contributed by atoms with Crippen molar-refractivity contribution < 1.29 is 0 Å². The first-order valence-corrected chi connectivity index (χ1v) is 9.11. The van der Waals surface area contributed by atoms with Crippen molar-refractivity contribution in [3.8, 4) is 0 Å². The van der Waals surface area contributed by atoms with Gasteiger partial charge >= 0.3 is 0 Å². The van der Waals surface area contributed by atoms with Gasteiger partial charge in [-0.05, 0) is 46.9 Å². The highest BCUT2D eigenvalue weighted by Gasteiger charge is 2.14. The van der Waals surface area contributed by atoms with Gasteiger partial charge in [0, 0.05) is 0 Å². The molecule has 2 aliphatic rings. The van der Waals surface area contributed by atoms with E-state index in [-0.39, 0.29) is 0 Å². The Hall–Kier alpha value is -2.08. The van der Waals surface area contributed by atoms with Crippen LogP contribution in [0.2, 0.25) is 0 Å². The fourth-order valence-electron chi connectivity index (χ4n) is 3.35. The molecule has 0 spiro atoms. The molecule has 0 radical (unpaired) electrons. The summed E-state index contributed by atoms with van der Waals surface area (Å²) < 4.78 is 0. The van der Waals surface area contributed by atoms with Crippen molar-refractivity contribution in [1.82, 2.24) is 0 Å². The monoisotopic (exact) mass is 316 g/mol. The van der Waals surface area contributed by atoms with Gasteiger partial charge in [-0.3, -0.25) is 0 Å². The maximum absolute atomic E-state index is 2.33. The standard InChI is InChI=1S/2C12H14/c2*1-9(2)12-7-10-5-3-4-6-11(10)8-12/h2*3-7,9H,8H2,1-2H3. The highest BCUT2D eigenvalue weighted by Crippen LogP contribution is 2.29. The average molecular weight is 316 g/mol. The zero-order valence-electron chi connectivity index (χ0n) is 15.3. The zero-order valence-corrected chi connectivity index (χ0v) is 15.3. The Labute approximate surface area is 146 Å². The second kappa shape index (κ2) is 7.21. The summed E-state index contributed by atoms with van der Waals surface area (Å²) in [6.07, 6.45) is 6.99. The summed E-state index contributed by atoms with van der Waals surface area (Å²) in [5.41, 5.74) is 8.94. The lowest BCUT2D eigenvalue weighted by molar-refractivity contribution is 0.754. The first kappa shape index (κ1) is 16.8. The van der Waals surface area contributed by atoms with E-state index in [2.05, 4.69) is 88.4 Å². The summed E-state index contributed by atoms with van der Waals surface area (Å²) in [4.78, 5) is 0. The molecule has 2 aromatic carbocycles. The molecular weight excluding hydrogens is 288 g/mol. The summed E-state index contributed by atoms with van der Waals surface area (Å²) in [6, 6.07) is 17.3. The molecule has 124 valence electrons. The lowest BCUT2D eigenvalue weighted by atomic mass is 10.0. The van der Waals surface area contributed by atoms with Gasteiger partial charge in [0.05, 0.1) is 0 Å².